The minimum Gasteiger partial charge on any atom is -0.497 e. The van der Waals surface area contributed by atoms with Crippen molar-refractivity contribution in [3.8, 4) is 16.9 Å². The van der Waals surface area contributed by atoms with Gasteiger partial charge < -0.3 is 20.1 Å². The topological polar surface area (TPSA) is 76.7 Å². The smallest absolute Gasteiger partial charge is 0.341 e. The van der Waals surface area contributed by atoms with Crippen LogP contribution >= 0.6 is 23.6 Å². The summed E-state index contributed by atoms with van der Waals surface area (Å²) in [6.07, 6.45) is 2.13. The van der Waals surface area contributed by atoms with Crippen molar-refractivity contribution in [1.29, 1.82) is 0 Å². The Bertz CT molecular complexity index is 831. The molecule has 0 fully saturated rings. The van der Waals surface area contributed by atoms with Crippen LogP contribution in [0, 0.1) is 0 Å². The molecular weight excluding hydrogens is 396 g/mol. The van der Waals surface area contributed by atoms with Crippen LogP contribution in [0.5, 0.6) is 5.75 Å². The maximum Gasteiger partial charge on any atom is 0.341 e. The highest BCUT2D eigenvalue weighted by molar-refractivity contribution is 7.80. The van der Waals surface area contributed by atoms with Gasteiger partial charge in [0.05, 0.1) is 13.7 Å². The molecular formula is C20H24N2O4S2. The number of carbonyl (C=O) groups excluding carboxylic acids is 2. The fourth-order valence-corrected chi connectivity index (χ4v) is 3.74. The van der Waals surface area contributed by atoms with Gasteiger partial charge in [0.25, 0.3) is 0 Å². The van der Waals surface area contributed by atoms with Crippen molar-refractivity contribution in [2.24, 2.45) is 0 Å². The molecule has 1 aromatic heterocycles. The summed E-state index contributed by atoms with van der Waals surface area (Å²) in [5.74, 6) is 0.132. The highest BCUT2D eigenvalue weighted by atomic mass is 32.1. The Morgan fingerprint density at radius 2 is 1.89 bits per heavy atom. The van der Waals surface area contributed by atoms with Crippen LogP contribution in [0.2, 0.25) is 0 Å². The highest BCUT2D eigenvalue weighted by Crippen LogP contribution is 2.36. The second-order valence-electron chi connectivity index (χ2n) is 5.91. The van der Waals surface area contributed by atoms with Gasteiger partial charge >= 0.3 is 5.97 Å². The first-order valence-corrected chi connectivity index (χ1v) is 10.3. The van der Waals surface area contributed by atoms with Crippen LogP contribution < -0.4 is 15.4 Å². The maximum atomic E-state index is 12.6. The number of esters is 1. The summed E-state index contributed by atoms with van der Waals surface area (Å²) in [6, 6.07) is 7.40. The van der Waals surface area contributed by atoms with Gasteiger partial charge in [-0.2, -0.15) is 0 Å². The van der Waals surface area contributed by atoms with Crippen molar-refractivity contribution in [2.75, 3.05) is 19.0 Å². The molecule has 28 heavy (non-hydrogen) atoms. The van der Waals surface area contributed by atoms with E-state index in [1.807, 2.05) is 36.6 Å². The molecule has 0 bridgehead atoms. The largest absolute Gasteiger partial charge is 0.497 e. The first-order chi connectivity index (χ1) is 13.5. The number of unbranched alkanes of at least 4 members (excludes halogenated alkanes) is 1. The van der Waals surface area contributed by atoms with Crippen molar-refractivity contribution >= 4 is 45.5 Å². The molecule has 0 saturated carbocycles. The molecule has 0 unspecified atom stereocenters. The lowest BCUT2D eigenvalue weighted by Crippen LogP contribution is -2.34. The van der Waals surface area contributed by atoms with E-state index in [4.69, 9.17) is 21.7 Å². The lowest BCUT2D eigenvalue weighted by atomic mass is 10.0. The molecule has 0 aliphatic rings. The Morgan fingerprint density at radius 3 is 2.50 bits per heavy atom. The summed E-state index contributed by atoms with van der Waals surface area (Å²) in [6.45, 7) is 4.03. The van der Waals surface area contributed by atoms with Gasteiger partial charge in [-0.05, 0) is 43.3 Å². The zero-order valence-corrected chi connectivity index (χ0v) is 17.8. The molecule has 0 saturated heterocycles. The molecule has 8 heteroatoms. The van der Waals surface area contributed by atoms with Crippen LogP contribution in [0.4, 0.5) is 5.00 Å². The van der Waals surface area contributed by atoms with Crippen LogP contribution in [-0.2, 0) is 9.53 Å². The molecule has 1 heterocycles. The molecule has 0 spiro atoms. The number of benzene rings is 1. The number of thiophene rings is 1. The number of hydrogen-bond donors (Lipinski definition) is 2. The zero-order valence-electron chi connectivity index (χ0n) is 16.2. The minimum absolute atomic E-state index is 0.149. The van der Waals surface area contributed by atoms with Gasteiger partial charge in [-0.25, -0.2) is 4.79 Å². The van der Waals surface area contributed by atoms with Gasteiger partial charge in [0, 0.05) is 17.4 Å². The minimum atomic E-state index is -0.447. The van der Waals surface area contributed by atoms with Crippen molar-refractivity contribution < 1.29 is 19.1 Å². The summed E-state index contributed by atoms with van der Waals surface area (Å²) >= 11 is 6.55. The van der Waals surface area contributed by atoms with Gasteiger partial charge in [-0.15, -0.1) is 11.3 Å². The van der Waals surface area contributed by atoms with Crippen molar-refractivity contribution in [2.45, 2.75) is 33.1 Å². The second-order valence-corrected chi connectivity index (χ2v) is 7.20. The monoisotopic (exact) mass is 420 g/mol. The van der Waals surface area contributed by atoms with Gasteiger partial charge in [-0.1, -0.05) is 25.5 Å². The van der Waals surface area contributed by atoms with Gasteiger partial charge in [0.2, 0.25) is 5.91 Å². The number of rotatable bonds is 8. The maximum absolute atomic E-state index is 12.6. The third-order valence-corrected chi connectivity index (χ3v) is 5.01. The summed E-state index contributed by atoms with van der Waals surface area (Å²) < 4.78 is 10.4. The highest BCUT2D eigenvalue weighted by Gasteiger charge is 2.22. The summed E-state index contributed by atoms with van der Waals surface area (Å²) in [4.78, 5) is 24.5. The molecule has 2 rings (SSSR count). The van der Waals surface area contributed by atoms with Crippen LogP contribution in [0.3, 0.4) is 0 Å². The summed E-state index contributed by atoms with van der Waals surface area (Å²) in [7, 11) is 1.60. The molecule has 0 aliphatic carbocycles. The molecule has 1 aromatic carbocycles. The molecule has 2 aromatic rings. The second kappa shape index (κ2) is 10.8. The van der Waals surface area contributed by atoms with Crippen molar-refractivity contribution in [3.05, 3.63) is 35.2 Å². The first kappa shape index (κ1) is 21.8. The molecule has 6 nitrogen and oxygen atoms in total. The SMILES string of the molecule is CCCCC(=O)NC(=S)Nc1scc(-c2ccc(OC)cc2)c1C(=O)OCC. The Labute approximate surface area is 174 Å². The average molecular weight is 421 g/mol. The van der Waals surface area contributed by atoms with E-state index in [1.165, 1.54) is 11.3 Å². The van der Waals surface area contributed by atoms with E-state index >= 15 is 0 Å². The number of ether oxygens (including phenoxy) is 2. The zero-order chi connectivity index (χ0) is 20.5. The third kappa shape index (κ3) is 5.77. The lowest BCUT2D eigenvalue weighted by Gasteiger charge is -2.11. The van der Waals surface area contributed by atoms with E-state index in [0.717, 1.165) is 29.7 Å². The molecule has 2 N–H and O–H groups in total. The standard InChI is InChI=1S/C20H24N2O4S2/c1-4-6-7-16(23)21-20(27)22-18-17(19(24)26-5-2)15(12-28-18)13-8-10-14(25-3)11-9-13/h8-12H,4-7H2,1-3H3,(H2,21,22,23,27). The van der Waals surface area contributed by atoms with Crippen LogP contribution in [0.1, 0.15) is 43.5 Å². The number of carbonyl (C=O) groups is 2. The quantitative estimate of drug-likeness (QED) is 0.480. The van der Waals surface area contributed by atoms with Crippen LogP contribution in [-0.4, -0.2) is 30.7 Å². The van der Waals surface area contributed by atoms with E-state index in [1.54, 1.807) is 14.0 Å². The molecule has 150 valence electrons. The van der Waals surface area contributed by atoms with E-state index < -0.39 is 5.97 Å². The molecule has 0 radical (unpaired) electrons. The Hall–Kier alpha value is -2.45. The summed E-state index contributed by atoms with van der Waals surface area (Å²) in [5, 5.41) is 8.16. The molecule has 0 atom stereocenters. The number of hydrogen-bond acceptors (Lipinski definition) is 6. The fourth-order valence-electron chi connectivity index (χ4n) is 2.50. The number of amides is 1. The van der Waals surface area contributed by atoms with E-state index in [0.29, 0.717) is 17.0 Å². The average Bonchev–Trinajstić information content (AvgIpc) is 3.10. The predicted molar refractivity (Wildman–Crippen MR) is 116 cm³/mol. The third-order valence-electron chi connectivity index (χ3n) is 3.91. The lowest BCUT2D eigenvalue weighted by molar-refractivity contribution is -0.119. The normalized spacial score (nSPS) is 10.2. The van der Waals surface area contributed by atoms with Gasteiger partial charge in [-0.3, -0.25) is 4.79 Å². The Kier molecular flexibility index (Phi) is 8.41. The Morgan fingerprint density at radius 1 is 1.18 bits per heavy atom. The molecule has 1 amide bonds. The van der Waals surface area contributed by atoms with Crippen molar-refractivity contribution in [1.82, 2.24) is 5.32 Å². The Balaban J connectivity index is 2.26. The van der Waals surface area contributed by atoms with E-state index in [2.05, 4.69) is 10.6 Å². The van der Waals surface area contributed by atoms with Crippen molar-refractivity contribution in [3.63, 3.8) is 0 Å². The summed E-state index contributed by atoms with van der Waals surface area (Å²) in [5.41, 5.74) is 1.97. The van der Waals surface area contributed by atoms with E-state index in [-0.39, 0.29) is 17.6 Å². The number of thiocarbonyl (C=S) groups is 1. The number of methoxy groups -OCH3 is 1. The number of nitrogens with one attached hydrogen (secondary N) is 2. The van der Waals surface area contributed by atoms with Crippen LogP contribution in [0.15, 0.2) is 29.6 Å². The van der Waals surface area contributed by atoms with Gasteiger partial charge in [0.15, 0.2) is 5.11 Å². The van der Waals surface area contributed by atoms with E-state index in [9.17, 15) is 9.59 Å². The first-order valence-electron chi connectivity index (χ1n) is 9.04. The van der Waals surface area contributed by atoms with Crippen LogP contribution in [0.25, 0.3) is 11.1 Å². The number of anilines is 1. The van der Waals surface area contributed by atoms with Gasteiger partial charge in [0.1, 0.15) is 16.3 Å². The molecule has 0 aliphatic heterocycles. The fraction of sp³-hybridized carbons (Fsp3) is 0.350. The predicted octanol–water partition coefficient (Wildman–Crippen LogP) is 4.60.